The number of benzene rings is 2. The van der Waals surface area contributed by atoms with Gasteiger partial charge in [0, 0.05) is 27.5 Å². The summed E-state index contributed by atoms with van der Waals surface area (Å²) in [7, 11) is -2.98. The normalized spacial score (nSPS) is 13.8. The molecule has 6 heteroatoms. The summed E-state index contributed by atoms with van der Waals surface area (Å²) in [5.41, 5.74) is 1.55. The molecule has 3 aromatic rings. The van der Waals surface area contributed by atoms with E-state index in [4.69, 9.17) is 0 Å². The van der Waals surface area contributed by atoms with Crippen molar-refractivity contribution in [3.63, 3.8) is 0 Å². The highest BCUT2D eigenvalue weighted by Crippen LogP contribution is 2.68. The van der Waals surface area contributed by atoms with Crippen LogP contribution in [0.25, 0.3) is 22.0 Å². The lowest BCUT2D eigenvalue weighted by Gasteiger charge is -2.42. The summed E-state index contributed by atoms with van der Waals surface area (Å²) >= 11 is 0. The minimum atomic E-state index is -4.38. The zero-order valence-electron chi connectivity index (χ0n) is 17.6. The van der Waals surface area contributed by atoms with Gasteiger partial charge < -0.3 is 0 Å². The highest BCUT2D eigenvalue weighted by Gasteiger charge is 2.48. The van der Waals surface area contributed by atoms with Crippen LogP contribution in [0.2, 0.25) is 0 Å². The van der Waals surface area contributed by atoms with Crippen LogP contribution >= 0.6 is 7.29 Å². The van der Waals surface area contributed by atoms with Crippen LogP contribution in [0, 0.1) is 0 Å². The summed E-state index contributed by atoms with van der Waals surface area (Å²) < 4.78 is 55.3. The van der Waals surface area contributed by atoms with Gasteiger partial charge in [0.15, 0.2) is 7.29 Å². The molecule has 3 rings (SSSR count). The highest BCUT2D eigenvalue weighted by atomic mass is 31.2. The Morgan fingerprint density at radius 2 is 1.34 bits per heavy atom. The Hall–Kier alpha value is -2.00. The average molecular weight is 421 g/mol. The van der Waals surface area contributed by atoms with Crippen molar-refractivity contribution in [3.8, 4) is 11.1 Å². The van der Waals surface area contributed by atoms with Gasteiger partial charge in [0.2, 0.25) is 0 Å². The van der Waals surface area contributed by atoms with Gasteiger partial charge in [-0.15, -0.1) is 0 Å². The minimum absolute atomic E-state index is 0.496. The molecule has 0 fully saturated rings. The van der Waals surface area contributed by atoms with Gasteiger partial charge >= 0.3 is 6.18 Å². The highest BCUT2D eigenvalue weighted by molar-refractivity contribution is 7.65. The van der Waals surface area contributed by atoms with E-state index >= 15 is 0 Å². The van der Waals surface area contributed by atoms with Crippen molar-refractivity contribution >= 4 is 18.2 Å². The van der Waals surface area contributed by atoms with Crippen molar-refractivity contribution in [2.45, 2.75) is 58.0 Å². The molecule has 0 atom stereocenters. The Kier molecular flexibility index (Phi) is 5.06. The Labute approximate surface area is 170 Å². The van der Waals surface area contributed by atoms with E-state index in [-0.39, 0.29) is 0 Å². The number of alkyl halides is 3. The van der Waals surface area contributed by atoms with Crippen LogP contribution in [-0.2, 0) is 10.7 Å². The molecule has 1 aromatic heterocycles. The maximum atomic E-state index is 14.5. The molecule has 0 N–H and O–H groups in total. The second-order valence-electron chi connectivity index (χ2n) is 9.40. The van der Waals surface area contributed by atoms with E-state index in [0.717, 1.165) is 28.6 Å². The topological polar surface area (TPSA) is 22.0 Å². The van der Waals surface area contributed by atoms with Crippen molar-refractivity contribution in [1.29, 1.82) is 0 Å². The number of fused-ring (bicyclic) bond motifs is 1. The molecule has 0 bridgehead atoms. The summed E-state index contributed by atoms with van der Waals surface area (Å²) in [5, 5.41) is -0.0781. The maximum absolute atomic E-state index is 14.5. The predicted molar refractivity (Wildman–Crippen MR) is 115 cm³/mol. The summed E-state index contributed by atoms with van der Waals surface area (Å²) in [5.74, 6) is 0. The molecular weight excluding hydrogens is 394 g/mol. The first kappa shape index (κ1) is 21.7. The van der Waals surface area contributed by atoms with Crippen molar-refractivity contribution in [1.82, 2.24) is 4.34 Å². The van der Waals surface area contributed by atoms with Gasteiger partial charge in [-0.3, -0.25) is 8.90 Å². The number of halogens is 3. The molecule has 1 heterocycles. The predicted octanol–water partition coefficient (Wildman–Crippen LogP) is 8.05. The smallest absolute Gasteiger partial charge is 0.299 e. The van der Waals surface area contributed by atoms with Crippen LogP contribution in [0.15, 0.2) is 54.7 Å². The molecule has 29 heavy (non-hydrogen) atoms. The molecule has 0 spiro atoms. The van der Waals surface area contributed by atoms with Crippen LogP contribution in [0.3, 0.4) is 0 Å². The van der Waals surface area contributed by atoms with E-state index in [1.807, 2.05) is 76.3 Å². The van der Waals surface area contributed by atoms with E-state index < -0.39 is 29.3 Å². The van der Waals surface area contributed by atoms with Gasteiger partial charge in [-0.25, -0.2) is 0 Å². The van der Waals surface area contributed by atoms with E-state index in [1.54, 1.807) is 0 Å². The second-order valence-corrected chi connectivity index (χ2v) is 13.7. The maximum Gasteiger partial charge on any atom is 0.416 e. The molecule has 0 aliphatic carbocycles. The van der Waals surface area contributed by atoms with Crippen LogP contribution in [0.4, 0.5) is 13.2 Å². The van der Waals surface area contributed by atoms with Gasteiger partial charge in [0.05, 0.1) is 11.1 Å². The number of nitrogens with zero attached hydrogens (tertiary/aromatic N) is 1. The molecule has 2 aromatic carbocycles. The van der Waals surface area contributed by atoms with Crippen molar-refractivity contribution in [2.24, 2.45) is 0 Å². The number of hydrogen-bond acceptors (Lipinski definition) is 1. The molecule has 0 aliphatic heterocycles. The fourth-order valence-electron chi connectivity index (χ4n) is 4.14. The van der Waals surface area contributed by atoms with E-state index in [9.17, 15) is 17.7 Å². The number of para-hydroxylation sites is 1. The van der Waals surface area contributed by atoms with Crippen LogP contribution in [0.1, 0.15) is 47.1 Å². The molecule has 0 saturated carbocycles. The summed E-state index contributed by atoms with van der Waals surface area (Å²) in [6.45, 7) is 11.9. The minimum Gasteiger partial charge on any atom is -0.299 e. The largest absolute Gasteiger partial charge is 0.416 e. The second kappa shape index (κ2) is 6.77. The Morgan fingerprint density at radius 3 is 1.83 bits per heavy atom. The Morgan fingerprint density at radius 1 is 0.793 bits per heavy atom. The van der Waals surface area contributed by atoms with Gasteiger partial charge in [-0.2, -0.15) is 13.2 Å². The fraction of sp³-hybridized carbons (Fsp3) is 0.391. The molecule has 0 aliphatic rings. The van der Waals surface area contributed by atoms with Gasteiger partial charge in [0.1, 0.15) is 0 Å². The van der Waals surface area contributed by atoms with E-state index in [0.29, 0.717) is 5.56 Å². The molecular formula is C23H27F3NOP. The average Bonchev–Trinajstić information content (AvgIpc) is 3.02. The molecule has 0 amide bonds. The van der Waals surface area contributed by atoms with Crippen molar-refractivity contribution in [3.05, 3.63) is 60.3 Å². The Bertz CT molecular complexity index is 1060. The zero-order chi connectivity index (χ0) is 21.8. The quantitative estimate of drug-likeness (QED) is 0.384. The van der Waals surface area contributed by atoms with Crippen molar-refractivity contribution < 1.29 is 17.7 Å². The summed E-state index contributed by atoms with van der Waals surface area (Å²) in [6.07, 6.45) is -2.52. The monoisotopic (exact) mass is 421 g/mol. The number of rotatable bonds is 2. The van der Waals surface area contributed by atoms with Crippen LogP contribution < -0.4 is 0 Å². The van der Waals surface area contributed by atoms with Crippen LogP contribution in [-0.4, -0.2) is 14.6 Å². The van der Waals surface area contributed by atoms with E-state index in [2.05, 4.69) is 0 Å². The third-order valence-electron chi connectivity index (χ3n) is 5.34. The summed E-state index contributed by atoms with van der Waals surface area (Å²) in [4.78, 5) is 0. The Balaban J connectivity index is 2.31. The first-order valence-electron chi connectivity index (χ1n) is 9.57. The zero-order valence-corrected chi connectivity index (χ0v) is 18.5. The standard InChI is InChI=1S/C23H27F3NOP/c1-21(2,3)29(28,22(4,5)6)27-15-14-17-8-7-9-19(20(17)27)16-10-12-18(13-11-16)23(24,25)26/h7-15H,1-6H3. The third kappa shape index (κ3) is 3.54. The van der Waals surface area contributed by atoms with E-state index in [1.165, 1.54) is 12.1 Å². The number of hydrogen-bond donors (Lipinski definition) is 0. The molecule has 0 radical (unpaired) electrons. The van der Waals surface area contributed by atoms with Gasteiger partial charge in [0.25, 0.3) is 0 Å². The van der Waals surface area contributed by atoms with Gasteiger partial charge in [-0.1, -0.05) is 71.9 Å². The lowest BCUT2D eigenvalue weighted by atomic mass is 10.0. The third-order valence-corrected chi connectivity index (χ3v) is 9.91. The molecule has 156 valence electrons. The first-order valence-corrected chi connectivity index (χ1v) is 11.2. The van der Waals surface area contributed by atoms with Crippen molar-refractivity contribution in [2.75, 3.05) is 0 Å². The number of aromatic nitrogens is 1. The molecule has 0 saturated heterocycles. The lowest BCUT2D eigenvalue weighted by molar-refractivity contribution is -0.137. The SMILES string of the molecule is CC(C)(C)P(=O)(n1ccc2cccc(-c3ccc(C(F)(F)F)cc3)c21)C(C)(C)C. The summed E-state index contributed by atoms with van der Waals surface area (Å²) in [6, 6.07) is 12.8. The first-order chi connectivity index (χ1) is 13.2. The molecule has 0 unspecified atom stereocenters. The lowest BCUT2D eigenvalue weighted by Crippen LogP contribution is -2.32. The molecule has 2 nitrogen and oxygen atoms in total. The van der Waals surface area contributed by atoms with Gasteiger partial charge in [-0.05, 0) is 23.8 Å². The van der Waals surface area contributed by atoms with Crippen LogP contribution in [0.5, 0.6) is 0 Å². The fourth-order valence-corrected chi connectivity index (χ4v) is 8.20.